The van der Waals surface area contributed by atoms with E-state index in [0.717, 1.165) is 5.56 Å². The highest BCUT2D eigenvalue weighted by atomic mass is 16.6. The minimum Gasteiger partial charge on any atom is -0.372 e. The van der Waals surface area contributed by atoms with E-state index in [1.165, 1.54) is 0 Å². The lowest BCUT2D eigenvalue weighted by atomic mass is 10.1. The number of hydrogen-bond acceptors (Lipinski definition) is 4. The van der Waals surface area contributed by atoms with Crippen molar-refractivity contribution in [2.45, 2.75) is 31.0 Å². The second-order valence-corrected chi connectivity index (χ2v) is 4.70. The van der Waals surface area contributed by atoms with Crippen molar-refractivity contribution in [3.05, 3.63) is 46.3 Å². The van der Waals surface area contributed by atoms with Crippen LogP contribution in [0, 0.1) is 0 Å². The summed E-state index contributed by atoms with van der Waals surface area (Å²) in [6.07, 6.45) is -0.389. The smallest absolute Gasteiger partial charge is 0.113 e. The number of azide groups is 1. The minimum atomic E-state index is -0.236. The van der Waals surface area contributed by atoms with E-state index in [0.29, 0.717) is 19.8 Å². The Morgan fingerprint density at radius 3 is 2.79 bits per heavy atom. The molecule has 2 heterocycles. The second-order valence-electron chi connectivity index (χ2n) is 4.70. The zero-order valence-electron chi connectivity index (χ0n) is 10.4. The summed E-state index contributed by atoms with van der Waals surface area (Å²) in [5.74, 6) is 0. The third-order valence-electron chi connectivity index (χ3n) is 3.49. The fraction of sp³-hybridized carbons (Fsp3) is 0.538. The first-order valence-corrected chi connectivity index (χ1v) is 6.31. The van der Waals surface area contributed by atoms with Gasteiger partial charge in [0.15, 0.2) is 0 Å². The third kappa shape index (κ3) is 2.57. The number of fused-ring (bicyclic) bond motifs is 1. The standard InChI is InChI=1S/C13H15N3O3/c14-16-15-10-7-18-13-11(8-19-12(10)13)17-6-9-4-2-1-3-5-9/h1-5,10-13H,6-8H2/t10-,11+,12+,13+/m0/s1. The fourth-order valence-electron chi connectivity index (χ4n) is 2.53. The van der Waals surface area contributed by atoms with E-state index in [9.17, 15) is 0 Å². The third-order valence-corrected chi connectivity index (χ3v) is 3.49. The zero-order chi connectivity index (χ0) is 13.1. The summed E-state index contributed by atoms with van der Waals surface area (Å²) in [5.41, 5.74) is 9.60. The summed E-state index contributed by atoms with van der Waals surface area (Å²) >= 11 is 0. The molecule has 100 valence electrons. The van der Waals surface area contributed by atoms with E-state index in [1.54, 1.807) is 0 Å². The molecular formula is C13H15N3O3. The maximum atomic E-state index is 8.48. The van der Waals surface area contributed by atoms with Crippen LogP contribution < -0.4 is 0 Å². The Labute approximate surface area is 110 Å². The highest BCUT2D eigenvalue weighted by Crippen LogP contribution is 2.30. The van der Waals surface area contributed by atoms with Gasteiger partial charge >= 0.3 is 0 Å². The van der Waals surface area contributed by atoms with Crippen LogP contribution in [0.3, 0.4) is 0 Å². The first-order valence-electron chi connectivity index (χ1n) is 6.31. The van der Waals surface area contributed by atoms with Gasteiger partial charge in [-0.2, -0.15) is 0 Å². The molecule has 2 aliphatic rings. The second kappa shape index (κ2) is 5.59. The largest absolute Gasteiger partial charge is 0.372 e. The van der Waals surface area contributed by atoms with Gasteiger partial charge in [-0.1, -0.05) is 35.4 Å². The fourth-order valence-corrected chi connectivity index (χ4v) is 2.53. The van der Waals surface area contributed by atoms with Gasteiger partial charge in [-0.05, 0) is 11.1 Å². The van der Waals surface area contributed by atoms with Crippen molar-refractivity contribution in [2.24, 2.45) is 5.11 Å². The van der Waals surface area contributed by atoms with Crippen LogP contribution in [-0.4, -0.2) is 37.6 Å². The summed E-state index contributed by atoms with van der Waals surface area (Å²) in [6.45, 7) is 1.43. The highest BCUT2D eigenvalue weighted by Gasteiger charge is 2.47. The molecule has 0 bridgehead atoms. The van der Waals surface area contributed by atoms with Crippen LogP contribution >= 0.6 is 0 Å². The molecule has 4 atom stereocenters. The molecular weight excluding hydrogens is 246 g/mol. The van der Waals surface area contributed by atoms with Gasteiger partial charge in [-0.25, -0.2) is 0 Å². The molecule has 2 aliphatic heterocycles. The van der Waals surface area contributed by atoms with Crippen molar-refractivity contribution >= 4 is 0 Å². The molecule has 0 radical (unpaired) electrons. The summed E-state index contributed by atoms with van der Waals surface area (Å²) in [5, 5.41) is 3.69. The summed E-state index contributed by atoms with van der Waals surface area (Å²) in [7, 11) is 0. The maximum Gasteiger partial charge on any atom is 0.113 e. The molecule has 1 aromatic rings. The van der Waals surface area contributed by atoms with Gasteiger partial charge in [0.25, 0.3) is 0 Å². The Balaban J connectivity index is 1.58. The van der Waals surface area contributed by atoms with E-state index in [-0.39, 0.29) is 24.4 Å². The Morgan fingerprint density at radius 2 is 2.00 bits per heavy atom. The highest BCUT2D eigenvalue weighted by molar-refractivity contribution is 5.13. The monoisotopic (exact) mass is 261 g/mol. The first-order chi connectivity index (χ1) is 9.38. The number of benzene rings is 1. The molecule has 6 heteroatoms. The van der Waals surface area contributed by atoms with Gasteiger partial charge in [0, 0.05) is 4.91 Å². The summed E-state index contributed by atoms with van der Waals surface area (Å²) in [6, 6.07) is 9.74. The van der Waals surface area contributed by atoms with Crippen molar-refractivity contribution in [3.63, 3.8) is 0 Å². The lowest BCUT2D eigenvalue weighted by Gasteiger charge is -2.16. The number of hydrogen-bond donors (Lipinski definition) is 0. The Bertz CT molecular complexity index is 475. The number of ether oxygens (including phenoxy) is 3. The van der Waals surface area contributed by atoms with Crippen molar-refractivity contribution in [2.75, 3.05) is 13.2 Å². The van der Waals surface area contributed by atoms with E-state index in [4.69, 9.17) is 19.7 Å². The molecule has 1 aromatic carbocycles. The van der Waals surface area contributed by atoms with Crippen molar-refractivity contribution in [1.29, 1.82) is 0 Å². The van der Waals surface area contributed by atoms with Crippen molar-refractivity contribution < 1.29 is 14.2 Å². The molecule has 19 heavy (non-hydrogen) atoms. The average molecular weight is 261 g/mol. The first kappa shape index (κ1) is 12.4. The summed E-state index contributed by atoms with van der Waals surface area (Å²) < 4.78 is 17.1. The van der Waals surface area contributed by atoms with E-state index < -0.39 is 0 Å². The predicted octanol–water partition coefficient (Wildman–Crippen LogP) is 2.05. The SMILES string of the molecule is [N-]=[N+]=N[C@H]1CO[C@H]2[C@@H]1OC[C@H]2OCc1ccccc1. The molecule has 6 nitrogen and oxygen atoms in total. The topological polar surface area (TPSA) is 76.5 Å². The molecule has 3 rings (SSSR count). The minimum absolute atomic E-state index is 0.0934. The van der Waals surface area contributed by atoms with Crippen molar-refractivity contribution in [1.82, 2.24) is 0 Å². The quantitative estimate of drug-likeness (QED) is 0.473. The molecule has 0 amide bonds. The zero-order valence-corrected chi connectivity index (χ0v) is 10.4. The molecule has 0 N–H and O–H groups in total. The number of nitrogens with zero attached hydrogens (tertiary/aromatic N) is 3. The van der Waals surface area contributed by atoms with Crippen LogP contribution in [0.15, 0.2) is 35.4 Å². The maximum absolute atomic E-state index is 8.48. The van der Waals surface area contributed by atoms with E-state index in [1.807, 2.05) is 30.3 Å². The van der Waals surface area contributed by atoms with Crippen LogP contribution in [0.25, 0.3) is 10.4 Å². The van der Waals surface area contributed by atoms with Gasteiger partial charge < -0.3 is 14.2 Å². The normalized spacial score (nSPS) is 32.8. The Morgan fingerprint density at radius 1 is 1.21 bits per heavy atom. The molecule has 0 aliphatic carbocycles. The molecule has 0 saturated carbocycles. The molecule has 0 aromatic heterocycles. The van der Waals surface area contributed by atoms with Gasteiger partial charge in [0.1, 0.15) is 12.2 Å². The van der Waals surface area contributed by atoms with Crippen molar-refractivity contribution in [3.8, 4) is 0 Å². The van der Waals surface area contributed by atoms with Crippen LogP contribution in [0.2, 0.25) is 0 Å². The Kier molecular flexibility index (Phi) is 3.66. The van der Waals surface area contributed by atoms with Crippen LogP contribution in [-0.2, 0) is 20.8 Å². The lowest BCUT2D eigenvalue weighted by molar-refractivity contribution is -0.0389. The van der Waals surface area contributed by atoms with Crippen LogP contribution in [0.5, 0.6) is 0 Å². The van der Waals surface area contributed by atoms with Crippen LogP contribution in [0.1, 0.15) is 5.56 Å². The average Bonchev–Trinajstić information content (AvgIpc) is 3.01. The van der Waals surface area contributed by atoms with E-state index >= 15 is 0 Å². The van der Waals surface area contributed by atoms with Gasteiger partial charge in [-0.15, -0.1) is 0 Å². The van der Waals surface area contributed by atoms with Gasteiger partial charge in [0.2, 0.25) is 0 Å². The predicted molar refractivity (Wildman–Crippen MR) is 67.4 cm³/mol. The summed E-state index contributed by atoms with van der Waals surface area (Å²) in [4.78, 5) is 2.82. The van der Waals surface area contributed by atoms with Gasteiger partial charge in [0.05, 0.1) is 32.0 Å². The van der Waals surface area contributed by atoms with Crippen LogP contribution in [0.4, 0.5) is 0 Å². The van der Waals surface area contributed by atoms with Gasteiger partial charge in [-0.3, -0.25) is 0 Å². The molecule has 0 spiro atoms. The molecule has 0 unspecified atom stereocenters. The molecule has 2 fully saturated rings. The molecule has 2 saturated heterocycles. The number of rotatable bonds is 4. The van der Waals surface area contributed by atoms with E-state index in [2.05, 4.69) is 10.0 Å². The lowest BCUT2D eigenvalue weighted by Crippen LogP contribution is -2.32. The Hall–Kier alpha value is -1.59.